The SMILES string of the molecule is Cc1oc(C)c(C(=O)Nc2c(N)ccc(F)c2F)c1C. The van der Waals surface area contributed by atoms with Gasteiger partial charge in [0.1, 0.15) is 17.2 Å². The molecule has 0 saturated heterocycles. The first-order chi connectivity index (χ1) is 9.32. The molecule has 0 bridgehead atoms. The number of carbonyl (C=O) groups excluding carboxylic acids is 1. The van der Waals surface area contributed by atoms with Gasteiger partial charge in [-0.1, -0.05) is 0 Å². The number of carbonyl (C=O) groups is 1. The molecule has 0 aliphatic rings. The second kappa shape index (κ2) is 4.96. The third kappa shape index (κ3) is 2.24. The van der Waals surface area contributed by atoms with Crippen LogP contribution < -0.4 is 11.1 Å². The number of furan rings is 1. The molecular weight excluding hydrogens is 266 g/mol. The van der Waals surface area contributed by atoms with Crippen LogP contribution in [0.5, 0.6) is 0 Å². The van der Waals surface area contributed by atoms with Gasteiger partial charge in [0.05, 0.1) is 11.3 Å². The maximum absolute atomic E-state index is 13.7. The zero-order valence-corrected chi connectivity index (χ0v) is 11.3. The van der Waals surface area contributed by atoms with Gasteiger partial charge in [0.15, 0.2) is 11.6 Å². The Balaban J connectivity index is 2.40. The van der Waals surface area contributed by atoms with Crippen LogP contribution in [0.1, 0.15) is 27.4 Å². The van der Waals surface area contributed by atoms with Crippen LogP contribution in [-0.2, 0) is 0 Å². The first-order valence-electron chi connectivity index (χ1n) is 5.94. The summed E-state index contributed by atoms with van der Waals surface area (Å²) >= 11 is 0. The predicted molar refractivity (Wildman–Crippen MR) is 71.6 cm³/mol. The molecule has 6 heteroatoms. The van der Waals surface area contributed by atoms with Crippen LogP contribution >= 0.6 is 0 Å². The Morgan fingerprint density at radius 3 is 2.40 bits per heavy atom. The number of rotatable bonds is 2. The number of hydrogen-bond acceptors (Lipinski definition) is 3. The second-order valence-electron chi connectivity index (χ2n) is 4.49. The normalized spacial score (nSPS) is 10.7. The molecule has 0 aliphatic carbocycles. The van der Waals surface area contributed by atoms with Gasteiger partial charge in [-0.2, -0.15) is 0 Å². The number of nitrogens with one attached hydrogen (secondary N) is 1. The molecule has 4 nitrogen and oxygen atoms in total. The van der Waals surface area contributed by atoms with Gasteiger partial charge in [-0.25, -0.2) is 8.78 Å². The molecule has 2 aromatic rings. The molecule has 3 N–H and O–H groups in total. The van der Waals surface area contributed by atoms with Gasteiger partial charge in [-0.3, -0.25) is 4.79 Å². The van der Waals surface area contributed by atoms with Crippen LogP contribution in [0.3, 0.4) is 0 Å². The smallest absolute Gasteiger partial charge is 0.259 e. The lowest BCUT2D eigenvalue weighted by atomic mass is 10.1. The van der Waals surface area contributed by atoms with Crippen molar-refractivity contribution in [1.29, 1.82) is 0 Å². The fourth-order valence-electron chi connectivity index (χ4n) is 2.00. The number of benzene rings is 1. The third-order valence-corrected chi connectivity index (χ3v) is 3.15. The maximum Gasteiger partial charge on any atom is 0.259 e. The van der Waals surface area contributed by atoms with E-state index in [0.717, 1.165) is 6.07 Å². The molecule has 0 spiro atoms. The van der Waals surface area contributed by atoms with Crippen LogP contribution in [-0.4, -0.2) is 5.91 Å². The molecule has 0 saturated carbocycles. The predicted octanol–water partition coefficient (Wildman–Crippen LogP) is 3.32. The average molecular weight is 280 g/mol. The Morgan fingerprint density at radius 1 is 1.20 bits per heavy atom. The monoisotopic (exact) mass is 280 g/mol. The van der Waals surface area contributed by atoms with Gasteiger partial charge < -0.3 is 15.5 Å². The lowest BCUT2D eigenvalue weighted by molar-refractivity contribution is 0.102. The number of anilines is 2. The summed E-state index contributed by atoms with van der Waals surface area (Å²) in [5.41, 5.74) is 6.08. The van der Waals surface area contributed by atoms with E-state index in [1.807, 2.05) is 0 Å². The Bertz CT molecular complexity index is 693. The van der Waals surface area contributed by atoms with E-state index in [2.05, 4.69) is 5.32 Å². The lowest BCUT2D eigenvalue weighted by Crippen LogP contribution is -2.16. The number of hydrogen-bond donors (Lipinski definition) is 2. The highest BCUT2D eigenvalue weighted by molar-refractivity contribution is 6.07. The van der Waals surface area contributed by atoms with Gasteiger partial charge in [-0.05, 0) is 32.9 Å². The van der Waals surface area contributed by atoms with Crippen molar-refractivity contribution < 1.29 is 18.0 Å². The minimum atomic E-state index is -1.19. The van der Waals surface area contributed by atoms with E-state index in [-0.39, 0.29) is 11.4 Å². The summed E-state index contributed by atoms with van der Waals surface area (Å²) in [5.74, 6) is -1.85. The summed E-state index contributed by atoms with van der Waals surface area (Å²) in [6.07, 6.45) is 0. The van der Waals surface area contributed by atoms with Crippen LogP contribution in [0.15, 0.2) is 16.5 Å². The lowest BCUT2D eigenvalue weighted by Gasteiger charge is -2.10. The Morgan fingerprint density at radius 2 is 1.85 bits per heavy atom. The number of nitrogens with two attached hydrogens (primary N) is 1. The highest BCUT2D eigenvalue weighted by atomic mass is 19.2. The molecule has 0 aliphatic heterocycles. The molecule has 0 fully saturated rings. The van der Waals surface area contributed by atoms with E-state index in [1.165, 1.54) is 6.07 Å². The van der Waals surface area contributed by atoms with Crippen LogP contribution in [0.2, 0.25) is 0 Å². The van der Waals surface area contributed by atoms with Crippen LogP contribution in [0.4, 0.5) is 20.2 Å². The Labute approximate surface area is 114 Å². The van der Waals surface area contributed by atoms with E-state index in [0.29, 0.717) is 22.6 Å². The van der Waals surface area contributed by atoms with Crippen molar-refractivity contribution in [2.24, 2.45) is 0 Å². The van der Waals surface area contributed by atoms with Crippen LogP contribution in [0.25, 0.3) is 0 Å². The molecule has 106 valence electrons. The van der Waals surface area contributed by atoms with Gasteiger partial charge in [0.25, 0.3) is 5.91 Å². The molecular formula is C14H14F2N2O2. The van der Waals surface area contributed by atoms with Crippen molar-refractivity contribution in [2.45, 2.75) is 20.8 Å². The fourth-order valence-corrected chi connectivity index (χ4v) is 2.00. The van der Waals surface area contributed by atoms with E-state index in [4.69, 9.17) is 10.2 Å². The van der Waals surface area contributed by atoms with Gasteiger partial charge in [-0.15, -0.1) is 0 Å². The van der Waals surface area contributed by atoms with Crippen molar-refractivity contribution in [3.63, 3.8) is 0 Å². The molecule has 0 atom stereocenters. The first-order valence-corrected chi connectivity index (χ1v) is 5.94. The molecule has 20 heavy (non-hydrogen) atoms. The Hall–Kier alpha value is -2.37. The molecule has 1 heterocycles. The quantitative estimate of drug-likeness (QED) is 0.829. The highest BCUT2D eigenvalue weighted by Crippen LogP contribution is 2.27. The summed E-state index contributed by atoms with van der Waals surface area (Å²) < 4.78 is 32.2. The summed E-state index contributed by atoms with van der Waals surface area (Å²) in [6.45, 7) is 5.06. The first kappa shape index (κ1) is 14.0. The zero-order chi connectivity index (χ0) is 15.0. The number of amides is 1. The highest BCUT2D eigenvalue weighted by Gasteiger charge is 2.21. The number of aryl methyl sites for hydroxylation is 2. The largest absolute Gasteiger partial charge is 0.466 e. The van der Waals surface area contributed by atoms with Gasteiger partial charge in [0, 0.05) is 5.56 Å². The summed E-state index contributed by atoms with van der Waals surface area (Å²) in [6, 6.07) is 2.09. The maximum atomic E-state index is 13.7. The van der Waals surface area contributed by atoms with E-state index < -0.39 is 17.5 Å². The molecule has 0 unspecified atom stereocenters. The van der Waals surface area contributed by atoms with Crippen molar-refractivity contribution in [2.75, 3.05) is 11.1 Å². The summed E-state index contributed by atoms with van der Waals surface area (Å²) in [7, 11) is 0. The van der Waals surface area contributed by atoms with Gasteiger partial charge in [0.2, 0.25) is 0 Å². The Kier molecular flexibility index (Phi) is 3.48. The van der Waals surface area contributed by atoms with Crippen LogP contribution in [0, 0.1) is 32.4 Å². The van der Waals surface area contributed by atoms with Crippen molar-refractivity contribution in [1.82, 2.24) is 0 Å². The molecule has 1 aromatic heterocycles. The molecule has 0 radical (unpaired) electrons. The minimum absolute atomic E-state index is 0.0484. The summed E-state index contributed by atoms with van der Waals surface area (Å²) in [4.78, 5) is 12.2. The topological polar surface area (TPSA) is 68.3 Å². The minimum Gasteiger partial charge on any atom is -0.466 e. The van der Waals surface area contributed by atoms with E-state index in [9.17, 15) is 13.6 Å². The van der Waals surface area contributed by atoms with Crippen molar-refractivity contribution in [3.05, 3.63) is 46.4 Å². The van der Waals surface area contributed by atoms with Gasteiger partial charge >= 0.3 is 0 Å². The molecule has 2 rings (SSSR count). The molecule has 1 amide bonds. The van der Waals surface area contributed by atoms with Crippen molar-refractivity contribution >= 4 is 17.3 Å². The average Bonchev–Trinajstić information content (AvgIpc) is 2.63. The summed E-state index contributed by atoms with van der Waals surface area (Å²) in [5, 5.41) is 2.29. The van der Waals surface area contributed by atoms with Crippen molar-refractivity contribution in [3.8, 4) is 0 Å². The second-order valence-corrected chi connectivity index (χ2v) is 4.49. The standard InChI is InChI=1S/C14H14F2N2O2/c1-6-7(2)20-8(3)11(6)14(19)18-13-10(17)5-4-9(15)12(13)16/h4-5H,17H2,1-3H3,(H,18,19). The number of nitrogen functional groups attached to an aromatic ring is 1. The molecule has 1 aromatic carbocycles. The zero-order valence-electron chi connectivity index (χ0n) is 11.3. The third-order valence-electron chi connectivity index (χ3n) is 3.15. The van der Waals surface area contributed by atoms with E-state index >= 15 is 0 Å². The fraction of sp³-hybridized carbons (Fsp3) is 0.214. The van der Waals surface area contributed by atoms with E-state index in [1.54, 1.807) is 20.8 Å². The number of halogens is 2.